The number of halogens is 1. The van der Waals surface area contributed by atoms with E-state index >= 15 is 0 Å². The molecule has 0 spiro atoms. The highest BCUT2D eigenvalue weighted by Crippen LogP contribution is 2.24. The lowest BCUT2D eigenvalue weighted by molar-refractivity contribution is -0.121. The molecule has 1 aromatic carbocycles. The summed E-state index contributed by atoms with van der Waals surface area (Å²) in [6, 6.07) is 5.62. The zero-order chi connectivity index (χ0) is 16.8. The van der Waals surface area contributed by atoms with Crippen molar-refractivity contribution >= 4 is 33.2 Å². The summed E-state index contributed by atoms with van der Waals surface area (Å²) in [6.45, 7) is 4.19. The molecule has 1 N–H and O–H groups in total. The number of carbonyl (C=O) groups excluding carboxylic acids is 1. The second-order valence-corrected chi connectivity index (χ2v) is 7.51. The average molecular weight is 347 g/mol. The summed E-state index contributed by atoms with van der Waals surface area (Å²) in [6.07, 6.45) is 4.04. The van der Waals surface area contributed by atoms with Gasteiger partial charge in [0.25, 0.3) is 0 Å². The Kier molecular flexibility index (Phi) is 7.16. The first-order chi connectivity index (χ1) is 10.3. The molecule has 0 saturated heterocycles. The molecule has 0 aliphatic rings. The molecule has 0 unspecified atom stereocenters. The smallest absolute Gasteiger partial charge is 0.243 e. The monoisotopic (exact) mass is 346 g/mol. The van der Waals surface area contributed by atoms with Crippen molar-refractivity contribution in [1.29, 1.82) is 0 Å². The third kappa shape index (κ3) is 5.50. The lowest BCUT2D eigenvalue weighted by atomic mass is 10.2. The topological polar surface area (TPSA) is 66.5 Å². The highest BCUT2D eigenvalue weighted by Gasteiger charge is 2.28. The predicted octanol–water partition coefficient (Wildman–Crippen LogP) is 2.80. The van der Waals surface area contributed by atoms with Crippen LogP contribution in [0.2, 0.25) is 5.02 Å². The van der Waals surface area contributed by atoms with E-state index in [2.05, 4.69) is 12.2 Å². The number of amides is 1. The predicted molar refractivity (Wildman–Crippen MR) is 90.8 cm³/mol. The minimum absolute atomic E-state index is 0.318. The number of carbonyl (C=O) groups is 1. The summed E-state index contributed by atoms with van der Waals surface area (Å²) >= 11 is 5.92. The van der Waals surface area contributed by atoms with E-state index in [4.69, 9.17) is 11.6 Å². The summed E-state index contributed by atoms with van der Waals surface area (Å²) in [5.74, 6) is -0.318. The van der Waals surface area contributed by atoms with Gasteiger partial charge >= 0.3 is 0 Å². The number of nitrogens with one attached hydrogen (secondary N) is 1. The maximum absolute atomic E-state index is 12.2. The molecule has 1 atom stereocenters. The number of hydrogen-bond acceptors (Lipinski definition) is 3. The fourth-order valence-corrected chi connectivity index (χ4v) is 3.51. The van der Waals surface area contributed by atoms with E-state index in [-0.39, 0.29) is 5.91 Å². The Labute approximate surface area is 137 Å². The molecule has 5 nitrogen and oxygen atoms in total. The van der Waals surface area contributed by atoms with Crippen LogP contribution in [0.1, 0.15) is 33.1 Å². The van der Waals surface area contributed by atoms with Gasteiger partial charge in [-0.1, -0.05) is 37.4 Å². The van der Waals surface area contributed by atoms with Gasteiger partial charge in [0.05, 0.1) is 11.9 Å². The van der Waals surface area contributed by atoms with Crippen LogP contribution >= 0.6 is 11.6 Å². The Hall–Kier alpha value is -1.27. The van der Waals surface area contributed by atoms with Gasteiger partial charge in [0.2, 0.25) is 15.9 Å². The summed E-state index contributed by atoms with van der Waals surface area (Å²) in [5, 5.41) is 3.19. The number of unbranched alkanes of at least 4 members (excludes halogenated alkanes) is 2. The molecule has 1 aromatic rings. The van der Waals surface area contributed by atoms with Gasteiger partial charge in [0.15, 0.2) is 0 Å². The van der Waals surface area contributed by atoms with Crippen molar-refractivity contribution in [2.75, 3.05) is 17.1 Å². The van der Waals surface area contributed by atoms with Gasteiger partial charge in [-0.3, -0.25) is 9.10 Å². The van der Waals surface area contributed by atoms with Gasteiger partial charge in [0.1, 0.15) is 6.04 Å². The Morgan fingerprint density at radius 3 is 2.59 bits per heavy atom. The third-order valence-corrected chi connectivity index (χ3v) is 4.71. The highest BCUT2D eigenvalue weighted by atomic mass is 35.5. The molecule has 0 saturated carbocycles. The summed E-state index contributed by atoms with van der Waals surface area (Å²) in [5.41, 5.74) is 0.381. The van der Waals surface area contributed by atoms with E-state index in [0.29, 0.717) is 17.3 Å². The van der Waals surface area contributed by atoms with Crippen molar-refractivity contribution in [3.8, 4) is 0 Å². The van der Waals surface area contributed by atoms with Crippen LogP contribution < -0.4 is 9.62 Å². The SMILES string of the molecule is CCCCCNC(=O)[C@@H](C)N(c1cccc(Cl)c1)S(C)(=O)=O. The average Bonchev–Trinajstić information content (AvgIpc) is 2.42. The van der Waals surface area contributed by atoms with Crippen molar-refractivity contribution in [2.24, 2.45) is 0 Å². The van der Waals surface area contributed by atoms with Crippen LogP contribution in [-0.2, 0) is 14.8 Å². The standard InChI is InChI=1S/C15H23ClN2O3S/c1-4-5-6-10-17-15(19)12(2)18(22(3,20)21)14-9-7-8-13(16)11-14/h7-9,11-12H,4-6,10H2,1-3H3,(H,17,19)/t12-/m1/s1. The first kappa shape index (κ1) is 18.8. The number of hydrogen-bond donors (Lipinski definition) is 1. The number of benzene rings is 1. The van der Waals surface area contributed by atoms with E-state index in [1.54, 1.807) is 25.1 Å². The summed E-state index contributed by atoms with van der Waals surface area (Å²) < 4.78 is 25.2. The van der Waals surface area contributed by atoms with Crippen LogP contribution in [0.25, 0.3) is 0 Å². The number of rotatable bonds is 8. The van der Waals surface area contributed by atoms with E-state index in [0.717, 1.165) is 29.8 Å². The van der Waals surface area contributed by atoms with E-state index in [9.17, 15) is 13.2 Å². The lowest BCUT2D eigenvalue weighted by Gasteiger charge is -2.28. The minimum atomic E-state index is -3.60. The normalized spacial score (nSPS) is 12.7. The molecule has 0 bridgehead atoms. The molecule has 1 rings (SSSR count). The van der Waals surface area contributed by atoms with Gasteiger partial charge in [-0.15, -0.1) is 0 Å². The molecule has 0 radical (unpaired) electrons. The van der Waals surface area contributed by atoms with Gasteiger partial charge < -0.3 is 5.32 Å². The summed E-state index contributed by atoms with van der Waals surface area (Å²) in [7, 11) is -3.60. The molecule has 0 fully saturated rings. The maximum Gasteiger partial charge on any atom is 0.243 e. The van der Waals surface area contributed by atoms with E-state index < -0.39 is 16.1 Å². The Bertz CT molecular complexity index is 605. The molecular formula is C15H23ClN2O3S. The van der Waals surface area contributed by atoms with Crippen LogP contribution in [0.3, 0.4) is 0 Å². The number of sulfonamides is 1. The van der Waals surface area contributed by atoms with Crippen LogP contribution in [0.15, 0.2) is 24.3 Å². The molecule has 7 heteroatoms. The van der Waals surface area contributed by atoms with Crippen LogP contribution in [0.5, 0.6) is 0 Å². The largest absolute Gasteiger partial charge is 0.354 e. The van der Waals surface area contributed by atoms with Crippen LogP contribution in [0, 0.1) is 0 Å². The number of nitrogens with zero attached hydrogens (tertiary/aromatic N) is 1. The van der Waals surface area contributed by atoms with Crippen molar-refractivity contribution in [1.82, 2.24) is 5.32 Å². The van der Waals surface area contributed by atoms with Crippen molar-refractivity contribution in [3.63, 3.8) is 0 Å². The molecule has 0 aliphatic carbocycles. The van der Waals surface area contributed by atoms with Gasteiger partial charge in [-0.2, -0.15) is 0 Å². The van der Waals surface area contributed by atoms with Crippen molar-refractivity contribution in [2.45, 2.75) is 39.2 Å². The second-order valence-electron chi connectivity index (χ2n) is 5.21. The zero-order valence-corrected chi connectivity index (χ0v) is 14.7. The number of anilines is 1. The fourth-order valence-electron chi connectivity index (χ4n) is 2.16. The van der Waals surface area contributed by atoms with Crippen molar-refractivity contribution in [3.05, 3.63) is 29.3 Å². The maximum atomic E-state index is 12.2. The van der Waals surface area contributed by atoms with E-state index in [1.807, 2.05) is 0 Å². The molecule has 0 aromatic heterocycles. The van der Waals surface area contributed by atoms with Crippen molar-refractivity contribution < 1.29 is 13.2 Å². The van der Waals surface area contributed by atoms with E-state index in [1.165, 1.54) is 6.07 Å². The van der Waals surface area contributed by atoms with Gasteiger partial charge in [-0.05, 0) is 31.5 Å². The molecule has 22 heavy (non-hydrogen) atoms. The molecule has 1 amide bonds. The molecule has 0 heterocycles. The van der Waals surface area contributed by atoms with Crippen LogP contribution in [0.4, 0.5) is 5.69 Å². The Balaban J connectivity index is 2.91. The third-order valence-electron chi connectivity index (χ3n) is 3.23. The fraction of sp³-hybridized carbons (Fsp3) is 0.533. The Morgan fingerprint density at radius 2 is 2.05 bits per heavy atom. The molecule has 0 aliphatic heterocycles. The molecular weight excluding hydrogens is 324 g/mol. The van der Waals surface area contributed by atoms with Crippen LogP contribution in [-0.4, -0.2) is 33.2 Å². The van der Waals surface area contributed by atoms with Gasteiger partial charge in [-0.25, -0.2) is 8.42 Å². The Morgan fingerprint density at radius 1 is 1.36 bits per heavy atom. The zero-order valence-electron chi connectivity index (χ0n) is 13.2. The minimum Gasteiger partial charge on any atom is -0.354 e. The quantitative estimate of drug-likeness (QED) is 0.736. The lowest BCUT2D eigenvalue weighted by Crippen LogP contribution is -2.48. The first-order valence-corrected chi connectivity index (χ1v) is 9.52. The first-order valence-electron chi connectivity index (χ1n) is 7.30. The highest BCUT2D eigenvalue weighted by molar-refractivity contribution is 7.92. The van der Waals surface area contributed by atoms with Gasteiger partial charge in [0, 0.05) is 11.6 Å². The summed E-state index contributed by atoms with van der Waals surface area (Å²) in [4.78, 5) is 12.2. The second kappa shape index (κ2) is 8.39. The molecule has 124 valence electrons.